The van der Waals surface area contributed by atoms with E-state index < -0.39 is 5.60 Å². The van der Waals surface area contributed by atoms with Crippen molar-refractivity contribution in [2.24, 2.45) is 0 Å². The minimum atomic E-state index is -0.487. The summed E-state index contributed by atoms with van der Waals surface area (Å²) >= 11 is 3.46. The molecular formula is C23H28BrN5O3. The molecule has 2 aromatic heterocycles. The van der Waals surface area contributed by atoms with Crippen LogP contribution in [0.2, 0.25) is 0 Å². The maximum atomic E-state index is 12.0. The highest BCUT2D eigenvalue weighted by atomic mass is 79.9. The van der Waals surface area contributed by atoms with Crippen molar-refractivity contribution in [3.05, 3.63) is 34.9 Å². The first-order valence-corrected chi connectivity index (χ1v) is 11.5. The molecule has 0 spiro atoms. The largest absolute Gasteiger partial charge is 0.480 e. The summed E-state index contributed by atoms with van der Waals surface area (Å²) in [5, 5.41) is 2.99. The topological polar surface area (TPSA) is 92.4 Å². The van der Waals surface area contributed by atoms with Gasteiger partial charge in [-0.3, -0.25) is 0 Å². The number of piperidine rings is 1. The Morgan fingerprint density at radius 1 is 1.25 bits per heavy atom. The molecule has 1 saturated heterocycles. The molecule has 0 atom stereocenters. The molecule has 0 bridgehead atoms. The molecule has 3 heterocycles. The number of nitrogens with one attached hydrogen (secondary N) is 2. The number of ether oxygens (including phenoxy) is 2. The van der Waals surface area contributed by atoms with Crippen LogP contribution in [0.25, 0.3) is 22.4 Å². The molecule has 3 aromatic rings. The normalized spacial score (nSPS) is 15.1. The zero-order chi connectivity index (χ0) is 22.9. The number of hydrogen-bond acceptors (Lipinski definition) is 6. The van der Waals surface area contributed by atoms with Crippen molar-refractivity contribution >= 4 is 38.7 Å². The number of hydrogen-bond donors (Lipinski definition) is 2. The van der Waals surface area contributed by atoms with Crippen molar-refractivity contribution < 1.29 is 14.3 Å². The lowest BCUT2D eigenvalue weighted by molar-refractivity contribution is 0.0497. The van der Waals surface area contributed by atoms with Crippen LogP contribution in [0.5, 0.6) is 5.88 Å². The van der Waals surface area contributed by atoms with E-state index in [0.717, 1.165) is 52.7 Å². The summed E-state index contributed by atoms with van der Waals surface area (Å²) in [6.07, 6.45) is 3.09. The number of anilines is 1. The zero-order valence-corrected chi connectivity index (χ0v) is 20.3. The summed E-state index contributed by atoms with van der Waals surface area (Å²) in [6, 6.07) is 8.29. The van der Waals surface area contributed by atoms with E-state index in [1.165, 1.54) is 0 Å². The van der Waals surface area contributed by atoms with E-state index in [2.05, 4.69) is 48.2 Å². The molecule has 4 rings (SSSR count). The number of carbonyl (C=O) groups is 1. The smallest absolute Gasteiger partial charge is 0.407 e. The number of H-pyrrole nitrogens is 1. The summed E-state index contributed by atoms with van der Waals surface area (Å²) in [5.41, 5.74) is 3.27. The van der Waals surface area contributed by atoms with Gasteiger partial charge in [0.25, 0.3) is 0 Å². The number of aromatic amines is 1. The van der Waals surface area contributed by atoms with Crippen LogP contribution in [-0.4, -0.2) is 52.9 Å². The molecule has 2 N–H and O–H groups in total. The van der Waals surface area contributed by atoms with E-state index in [1.54, 1.807) is 13.3 Å². The number of aromatic nitrogens is 3. The number of carbonyl (C=O) groups excluding carboxylic acids is 1. The summed E-state index contributed by atoms with van der Waals surface area (Å²) in [4.78, 5) is 26.8. The second-order valence-electron chi connectivity index (χ2n) is 8.90. The molecule has 0 radical (unpaired) electrons. The number of methoxy groups -OCH3 is 1. The van der Waals surface area contributed by atoms with Crippen molar-refractivity contribution in [1.29, 1.82) is 0 Å². The Labute approximate surface area is 195 Å². The number of rotatable bonds is 4. The van der Waals surface area contributed by atoms with Crippen LogP contribution >= 0.6 is 15.9 Å². The van der Waals surface area contributed by atoms with Crippen molar-refractivity contribution in [2.45, 2.75) is 45.3 Å². The lowest BCUT2D eigenvalue weighted by Crippen LogP contribution is -2.46. The van der Waals surface area contributed by atoms with E-state index in [1.807, 2.05) is 32.9 Å². The van der Waals surface area contributed by atoms with Crippen molar-refractivity contribution in [3.63, 3.8) is 0 Å². The van der Waals surface area contributed by atoms with Crippen molar-refractivity contribution in [1.82, 2.24) is 20.3 Å². The fourth-order valence-electron chi connectivity index (χ4n) is 3.84. The maximum absolute atomic E-state index is 12.0. The van der Waals surface area contributed by atoms with Crippen LogP contribution in [0.3, 0.4) is 0 Å². The van der Waals surface area contributed by atoms with Gasteiger partial charge in [0.1, 0.15) is 11.4 Å². The van der Waals surface area contributed by atoms with Crippen LogP contribution in [0.4, 0.5) is 10.5 Å². The van der Waals surface area contributed by atoms with Gasteiger partial charge in [0.2, 0.25) is 5.88 Å². The Bertz CT molecular complexity index is 1120. The first-order valence-electron chi connectivity index (χ1n) is 10.7. The number of fused-ring (bicyclic) bond motifs is 1. The van der Waals surface area contributed by atoms with Crippen LogP contribution in [-0.2, 0) is 4.74 Å². The van der Waals surface area contributed by atoms with Crippen LogP contribution < -0.4 is 15.0 Å². The van der Waals surface area contributed by atoms with Gasteiger partial charge in [0.15, 0.2) is 0 Å². The number of amides is 1. The van der Waals surface area contributed by atoms with Crippen LogP contribution in [0.15, 0.2) is 34.9 Å². The number of benzene rings is 1. The zero-order valence-electron chi connectivity index (χ0n) is 18.7. The molecule has 1 aliphatic heterocycles. The van der Waals surface area contributed by atoms with Gasteiger partial charge in [-0.2, -0.15) is 0 Å². The molecule has 0 saturated carbocycles. The summed E-state index contributed by atoms with van der Waals surface area (Å²) < 4.78 is 11.6. The Kier molecular flexibility index (Phi) is 6.28. The number of alkyl carbamates (subject to hydrolysis) is 1. The Morgan fingerprint density at radius 3 is 2.69 bits per heavy atom. The Morgan fingerprint density at radius 2 is 2.00 bits per heavy atom. The molecular weight excluding hydrogens is 474 g/mol. The highest BCUT2D eigenvalue weighted by Crippen LogP contribution is 2.31. The van der Waals surface area contributed by atoms with Gasteiger partial charge in [-0.25, -0.2) is 14.8 Å². The first kappa shape index (κ1) is 22.4. The second-order valence-corrected chi connectivity index (χ2v) is 9.82. The third-order valence-corrected chi connectivity index (χ3v) is 5.75. The lowest BCUT2D eigenvalue weighted by Gasteiger charge is -2.34. The van der Waals surface area contributed by atoms with Crippen molar-refractivity contribution in [2.75, 3.05) is 25.1 Å². The van der Waals surface area contributed by atoms with E-state index in [4.69, 9.17) is 14.5 Å². The van der Waals surface area contributed by atoms with Gasteiger partial charge in [-0.05, 0) is 73.8 Å². The predicted molar refractivity (Wildman–Crippen MR) is 128 cm³/mol. The predicted octanol–water partition coefficient (Wildman–Crippen LogP) is 4.89. The molecule has 1 aliphatic rings. The van der Waals surface area contributed by atoms with Gasteiger partial charge in [0, 0.05) is 35.5 Å². The fourth-order valence-corrected chi connectivity index (χ4v) is 4.17. The van der Waals surface area contributed by atoms with Crippen molar-refractivity contribution in [3.8, 4) is 17.3 Å². The number of pyridine rings is 1. The van der Waals surface area contributed by atoms with E-state index in [0.29, 0.717) is 11.7 Å². The van der Waals surface area contributed by atoms with Crippen LogP contribution in [0.1, 0.15) is 33.6 Å². The molecule has 1 amide bonds. The number of halogens is 1. The molecule has 170 valence electrons. The standard InChI is InChI=1S/C23H28BrN5O3/c1-23(2,3)32-22(30)26-15-7-9-29(10-8-15)16-5-6-18-19(12-16)28-20(27-18)17-11-14(24)13-25-21(17)31-4/h5-6,11-13,15H,7-10H2,1-4H3,(H,26,30)(H,27,28). The first-order chi connectivity index (χ1) is 15.2. The molecule has 0 aliphatic carbocycles. The SMILES string of the molecule is COc1ncc(Br)cc1-c1nc2ccc(N3CCC(NC(=O)OC(C)(C)C)CC3)cc2[nH]1. The van der Waals surface area contributed by atoms with Crippen LogP contribution in [0, 0.1) is 0 Å². The summed E-state index contributed by atoms with van der Waals surface area (Å²) in [5.74, 6) is 1.23. The molecule has 1 aromatic carbocycles. The molecule has 8 nitrogen and oxygen atoms in total. The quantitative estimate of drug-likeness (QED) is 0.528. The van der Waals surface area contributed by atoms with Gasteiger partial charge in [-0.1, -0.05) is 0 Å². The highest BCUT2D eigenvalue weighted by molar-refractivity contribution is 9.10. The number of imidazole rings is 1. The Hall–Kier alpha value is -2.81. The monoisotopic (exact) mass is 501 g/mol. The lowest BCUT2D eigenvalue weighted by atomic mass is 10.0. The van der Waals surface area contributed by atoms with Gasteiger partial charge in [0.05, 0.1) is 23.7 Å². The van der Waals surface area contributed by atoms with E-state index in [-0.39, 0.29) is 12.1 Å². The molecule has 0 unspecified atom stereocenters. The van der Waals surface area contributed by atoms with E-state index >= 15 is 0 Å². The minimum Gasteiger partial charge on any atom is -0.480 e. The molecule has 9 heteroatoms. The summed E-state index contributed by atoms with van der Waals surface area (Å²) in [7, 11) is 1.60. The average Bonchev–Trinajstić information content (AvgIpc) is 3.16. The second kappa shape index (κ2) is 8.97. The number of nitrogens with zero attached hydrogens (tertiary/aromatic N) is 3. The minimum absolute atomic E-state index is 0.125. The van der Waals surface area contributed by atoms with Gasteiger partial charge in [-0.15, -0.1) is 0 Å². The summed E-state index contributed by atoms with van der Waals surface area (Å²) in [6.45, 7) is 7.33. The third kappa shape index (κ3) is 5.15. The maximum Gasteiger partial charge on any atom is 0.407 e. The highest BCUT2D eigenvalue weighted by Gasteiger charge is 2.24. The van der Waals surface area contributed by atoms with Gasteiger partial charge < -0.3 is 24.7 Å². The fraction of sp³-hybridized carbons (Fsp3) is 0.435. The van der Waals surface area contributed by atoms with E-state index in [9.17, 15) is 4.79 Å². The molecule has 1 fully saturated rings. The average molecular weight is 502 g/mol. The third-order valence-electron chi connectivity index (χ3n) is 5.31. The van der Waals surface area contributed by atoms with Gasteiger partial charge >= 0.3 is 6.09 Å². The molecule has 32 heavy (non-hydrogen) atoms. The Balaban J connectivity index is 1.45.